The number of hydrogen-bond donors (Lipinski definition) is 0. The van der Waals surface area contributed by atoms with Gasteiger partial charge in [0.1, 0.15) is 16.8 Å². The highest BCUT2D eigenvalue weighted by molar-refractivity contribution is 5.81. The Morgan fingerprint density at radius 2 is 1.79 bits per heavy atom. The van der Waals surface area contributed by atoms with Crippen molar-refractivity contribution in [2.24, 2.45) is 0 Å². The summed E-state index contributed by atoms with van der Waals surface area (Å²) in [4.78, 5) is 12.4. The van der Waals surface area contributed by atoms with Crippen LogP contribution in [0.4, 0.5) is 0 Å². The molecule has 2 aromatic carbocycles. The van der Waals surface area contributed by atoms with E-state index in [-0.39, 0.29) is 0 Å². The van der Waals surface area contributed by atoms with Gasteiger partial charge in [0.2, 0.25) is 0 Å². The number of aromatic nitrogens is 3. The molecule has 4 rings (SSSR count). The van der Waals surface area contributed by atoms with Gasteiger partial charge in [0, 0.05) is 5.56 Å². The van der Waals surface area contributed by atoms with Crippen molar-refractivity contribution in [3.05, 3.63) is 65.9 Å². The maximum atomic E-state index is 10.7. The zero-order valence-electron chi connectivity index (χ0n) is 13.1. The third-order valence-corrected chi connectivity index (χ3v) is 3.98. The predicted octanol–water partition coefficient (Wildman–Crippen LogP) is 4.06. The van der Waals surface area contributed by atoms with Crippen molar-refractivity contribution in [3.63, 3.8) is 0 Å². The van der Waals surface area contributed by atoms with E-state index >= 15 is 0 Å². The van der Waals surface area contributed by atoms with Gasteiger partial charge in [-0.1, -0.05) is 19.1 Å². The van der Waals surface area contributed by atoms with Crippen LogP contribution in [0.3, 0.4) is 0 Å². The molecule has 0 N–H and O–H groups in total. The van der Waals surface area contributed by atoms with Gasteiger partial charge >= 0.3 is 0 Å². The summed E-state index contributed by atoms with van der Waals surface area (Å²) in [7, 11) is 0. The molecule has 0 aliphatic carbocycles. The third-order valence-electron chi connectivity index (χ3n) is 3.98. The summed E-state index contributed by atoms with van der Waals surface area (Å²) in [5.41, 5.74) is 4.65. The highest BCUT2D eigenvalue weighted by atomic mass is 16.3. The minimum Gasteiger partial charge on any atom is -0.453 e. The van der Waals surface area contributed by atoms with Crippen LogP contribution in [-0.4, -0.2) is 21.3 Å². The molecule has 0 bridgehead atoms. The van der Waals surface area contributed by atoms with Crippen LogP contribution in [0.5, 0.6) is 0 Å². The van der Waals surface area contributed by atoms with Gasteiger partial charge in [-0.15, -0.1) is 10.2 Å². The highest BCUT2D eigenvalue weighted by Crippen LogP contribution is 2.25. The van der Waals surface area contributed by atoms with Gasteiger partial charge in [-0.25, -0.2) is 0 Å². The van der Waals surface area contributed by atoms with Crippen molar-refractivity contribution in [3.8, 4) is 17.0 Å². The number of benzene rings is 2. The first kappa shape index (κ1) is 14.4. The van der Waals surface area contributed by atoms with Crippen LogP contribution in [0.1, 0.15) is 23.0 Å². The van der Waals surface area contributed by atoms with Gasteiger partial charge in [0.05, 0.1) is 5.69 Å². The Morgan fingerprint density at radius 1 is 1.00 bits per heavy atom. The van der Waals surface area contributed by atoms with Gasteiger partial charge in [-0.05, 0) is 54.4 Å². The number of aryl methyl sites for hydroxylation is 1. The number of carbonyl (C=O) groups is 1. The molecule has 0 spiro atoms. The minimum atomic E-state index is 0.310. The van der Waals surface area contributed by atoms with Gasteiger partial charge in [-0.3, -0.25) is 4.79 Å². The van der Waals surface area contributed by atoms with Crippen molar-refractivity contribution < 1.29 is 9.21 Å². The molecule has 2 aromatic heterocycles. The lowest BCUT2D eigenvalue weighted by Crippen LogP contribution is -1.98. The fourth-order valence-electron chi connectivity index (χ4n) is 2.62. The molecule has 0 aliphatic rings. The largest absolute Gasteiger partial charge is 0.453 e. The van der Waals surface area contributed by atoms with Crippen LogP contribution in [0.25, 0.3) is 28.0 Å². The van der Waals surface area contributed by atoms with Crippen LogP contribution in [-0.2, 0) is 6.42 Å². The predicted molar refractivity (Wildman–Crippen MR) is 91.3 cm³/mol. The number of rotatable bonds is 4. The van der Waals surface area contributed by atoms with Crippen LogP contribution in [0.2, 0.25) is 0 Å². The third kappa shape index (κ3) is 2.50. The zero-order valence-corrected chi connectivity index (χ0v) is 13.1. The second-order valence-electron chi connectivity index (χ2n) is 5.53. The number of hydrogen-bond acceptors (Lipinski definition) is 4. The first-order valence-electron chi connectivity index (χ1n) is 7.78. The second kappa shape index (κ2) is 5.77. The van der Waals surface area contributed by atoms with Gasteiger partial charge in [0.15, 0.2) is 12.0 Å². The van der Waals surface area contributed by atoms with E-state index in [1.54, 1.807) is 16.9 Å². The molecule has 24 heavy (non-hydrogen) atoms. The normalized spacial score (nSPS) is 11.0. The zero-order chi connectivity index (χ0) is 16.5. The minimum absolute atomic E-state index is 0.310. The van der Waals surface area contributed by atoms with Crippen LogP contribution >= 0.6 is 0 Å². The van der Waals surface area contributed by atoms with Crippen molar-refractivity contribution in [2.45, 2.75) is 13.3 Å². The van der Waals surface area contributed by atoms with Gasteiger partial charge < -0.3 is 4.42 Å². The summed E-state index contributed by atoms with van der Waals surface area (Å²) in [5, 5.41) is 9.06. The van der Waals surface area contributed by atoms with Gasteiger partial charge in [-0.2, -0.15) is 4.80 Å². The molecule has 4 aromatic rings. The van der Waals surface area contributed by atoms with Crippen molar-refractivity contribution >= 4 is 17.3 Å². The summed E-state index contributed by atoms with van der Waals surface area (Å²) in [6.07, 6.45) is 1.70. The summed E-state index contributed by atoms with van der Waals surface area (Å²) in [6.45, 7) is 2.13. The average Bonchev–Trinajstić information content (AvgIpc) is 3.27. The van der Waals surface area contributed by atoms with Crippen LogP contribution in [0.15, 0.2) is 59.0 Å². The van der Waals surface area contributed by atoms with E-state index in [1.807, 2.05) is 30.3 Å². The van der Waals surface area contributed by atoms with E-state index in [2.05, 4.69) is 29.3 Å². The standard InChI is InChI=1S/C19H15N3O2/c1-2-13-3-6-15(7-4-13)22-20-17-9-5-14(11-18(17)21-22)19-10-8-16(12-23)24-19/h3-12H,2H2,1H3. The molecule has 0 saturated carbocycles. The van der Waals surface area contributed by atoms with Crippen LogP contribution < -0.4 is 0 Å². The van der Waals surface area contributed by atoms with Gasteiger partial charge in [0.25, 0.3) is 0 Å². The molecule has 0 saturated heterocycles. The fourth-order valence-corrected chi connectivity index (χ4v) is 2.62. The molecule has 5 nitrogen and oxygen atoms in total. The van der Waals surface area contributed by atoms with Crippen molar-refractivity contribution in [2.75, 3.05) is 0 Å². The lowest BCUT2D eigenvalue weighted by Gasteiger charge is -2.00. The maximum absolute atomic E-state index is 10.7. The summed E-state index contributed by atoms with van der Waals surface area (Å²) < 4.78 is 5.46. The van der Waals surface area contributed by atoms with E-state index in [4.69, 9.17) is 4.42 Å². The molecule has 0 atom stereocenters. The Hall–Kier alpha value is -3.21. The molecule has 0 aliphatic heterocycles. The molecule has 0 amide bonds. The molecule has 2 heterocycles. The van der Waals surface area contributed by atoms with E-state index in [0.29, 0.717) is 17.8 Å². The summed E-state index contributed by atoms with van der Waals surface area (Å²) in [5.74, 6) is 0.950. The average molecular weight is 317 g/mol. The quantitative estimate of drug-likeness (QED) is 0.533. The molecule has 5 heteroatoms. The summed E-state index contributed by atoms with van der Waals surface area (Å²) in [6, 6.07) is 17.3. The molecule has 0 radical (unpaired) electrons. The topological polar surface area (TPSA) is 60.9 Å². The van der Waals surface area contributed by atoms with Crippen molar-refractivity contribution in [1.82, 2.24) is 15.0 Å². The fraction of sp³-hybridized carbons (Fsp3) is 0.105. The molecule has 118 valence electrons. The first-order valence-corrected chi connectivity index (χ1v) is 7.78. The molecular formula is C19H15N3O2. The van der Waals surface area contributed by atoms with E-state index in [1.165, 1.54) is 5.56 Å². The molecule has 0 fully saturated rings. The Kier molecular flexibility index (Phi) is 3.46. The van der Waals surface area contributed by atoms with E-state index in [9.17, 15) is 4.79 Å². The Bertz CT molecular complexity index is 1010. The molecular weight excluding hydrogens is 302 g/mol. The lowest BCUT2D eigenvalue weighted by molar-refractivity contribution is 0.110. The van der Waals surface area contributed by atoms with E-state index < -0.39 is 0 Å². The monoisotopic (exact) mass is 317 g/mol. The number of aldehydes is 1. The smallest absolute Gasteiger partial charge is 0.185 e. The van der Waals surface area contributed by atoms with Crippen molar-refractivity contribution in [1.29, 1.82) is 0 Å². The second-order valence-corrected chi connectivity index (χ2v) is 5.53. The number of fused-ring (bicyclic) bond motifs is 1. The lowest BCUT2D eigenvalue weighted by atomic mass is 10.1. The number of carbonyl (C=O) groups excluding carboxylic acids is 1. The highest BCUT2D eigenvalue weighted by Gasteiger charge is 2.09. The Morgan fingerprint density at radius 3 is 2.50 bits per heavy atom. The maximum Gasteiger partial charge on any atom is 0.185 e. The Labute approximate surface area is 138 Å². The SMILES string of the molecule is CCc1ccc(-n2nc3ccc(-c4ccc(C=O)o4)cc3n2)cc1. The molecule has 0 unspecified atom stereocenters. The summed E-state index contributed by atoms with van der Waals surface area (Å²) >= 11 is 0. The number of nitrogens with zero attached hydrogens (tertiary/aromatic N) is 3. The Balaban J connectivity index is 1.73. The first-order chi connectivity index (χ1) is 11.8. The van der Waals surface area contributed by atoms with Crippen LogP contribution in [0, 0.1) is 0 Å². The van der Waals surface area contributed by atoms with E-state index in [0.717, 1.165) is 28.7 Å². The number of furan rings is 1.